The molecule has 2 bridgehead atoms. The van der Waals surface area contributed by atoms with Crippen molar-refractivity contribution in [3.8, 4) is 12.3 Å². The predicted molar refractivity (Wildman–Crippen MR) is 53.0 cm³/mol. The molecule has 0 radical (unpaired) electrons. The van der Waals surface area contributed by atoms with Gasteiger partial charge in [0, 0.05) is 10.8 Å². The van der Waals surface area contributed by atoms with E-state index in [1.54, 1.807) is 0 Å². The standard InChI is InChI=1S/C12H18O/c1-5-12(13)10(2,3)9-6-7-11(12,4)8-9/h1,9,13H,6-8H2,2-4H3. The molecule has 1 heteroatoms. The van der Waals surface area contributed by atoms with E-state index in [9.17, 15) is 5.11 Å². The van der Waals surface area contributed by atoms with E-state index in [4.69, 9.17) is 6.42 Å². The van der Waals surface area contributed by atoms with Gasteiger partial charge in [-0.1, -0.05) is 26.7 Å². The van der Waals surface area contributed by atoms with Gasteiger partial charge in [-0.05, 0) is 25.2 Å². The van der Waals surface area contributed by atoms with Crippen LogP contribution < -0.4 is 0 Å². The van der Waals surface area contributed by atoms with Crippen molar-refractivity contribution < 1.29 is 5.11 Å². The van der Waals surface area contributed by atoms with Crippen LogP contribution in [0, 0.1) is 29.1 Å². The lowest BCUT2D eigenvalue weighted by molar-refractivity contribution is -0.0952. The zero-order valence-electron chi connectivity index (χ0n) is 8.72. The van der Waals surface area contributed by atoms with Crippen LogP contribution in [0.3, 0.4) is 0 Å². The molecule has 2 aliphatic carbocycles. The molecule has 0 saturated heterocycles. The van der Waals surface area contributed by atoms with Crippen LogP contribution in [-0.2, 0) is 0 Å². The van der Waals surface area contributed by atoms with E-state index in [0.717, 1.165) is 12.8 Å². The summed E-state index contributed by atoms with van der Waals surface area (Å²) in [5.74, 6) is 3.27. The molecular formula is C12H18O. The monoisotopic (exact) mass is 178 g/mol. The molecule has 0 spiro atoms. The van der Waals surface area contributed by atoms with Crippen LogP contribution in [-0.4, -0.2) is 10.7 Å². The van der Waals surface area contributed by atoms with Crippen molar-refractivity contribution in [3.05, 3.63) is 0 Å². The molecule has 1 nitrogen and oxygen atoms in total. The lowest BCUT2D eigenvalue weighted by Gasteiger charge is -2.47. The fourth-order valence-electron chi connectivity index (χ4n) is 3.62. The lowest BCUT2D eigenvalue weighted by atomic mass is 9.61. The highest BCUT2D eigenvalue weighted by Gasteiger charge is 2.67. The zero-order chi connectivity index (χ0) is 9.91. The molecular weight excluding hydrogens is 160 g/mol. The van der Waals surface area contributed by atoms with E-state index >= 15 is 0 Å². The minimum Gasteiger partial charge on any atom is -0.376 e. The Balaban J connectivity index is 2.53. The Hall–Kier alpha value is -0.480. The molecule has 3 unspecified atom stereocenters. The summed E-state index contributed by atoms with van der Waals surface area (Å²) in [5, 5.41) is 10.5. The second-order valence-corrected chi connectivity index (χ2v) is 5.58. The molecule has 72 valence electrons. The highest BCUT2D eigenvalue weighted by atomic mass is 16.3. The van der Waals surface area contributed by atoms with Crippen molar-refractivity contribution in [1.82, 2.24) is 0 Å². The van der Waals surface area contributed by atoms with E-state index in [2.05, 4.69) is 26.7 Å². The van der Waals surface area contributed by atoms with Crippen LogP contribution in [0.1, 0.15) is 40.0 Å². The fraction of sp³-hybridized carbons (Fsp3) is 0.833. The summed E-state index contributed by atoms with van der Waals surface area (Å²) in [6, 6.07) is 0. The van der Waals surface area contributed by atoms with Gasteiger partial charge in [0.05, 0.1) is 0 Å². The van der Waals surface area contributed by atoms with Gasteiger partial charge in [0.2, 0.25) is 0 Å². The first-order valence-corrected chi connectivity index (χ1v) is 5.07. The Bertz CT molecular complexity index is 279. The molecule has 13 heavy (non-hydrogen) atoms. The predicted octanol–water partition coefficient (Wildman–Crippen LogP) is 2.20. The first kappa shape index (κ1) is 9.09. The third kappa shape index (κ3) is 0.742. The molecule has 3 atom stereocenters. The first-order chi connectivity index (χ1) is 5.87. The zero-order valence-corrected chi connectivity index (χ0v) is 8.72. The quantitative estimate of drug-likeness (QED) is 0.564. The molecule has 0 amide bonds. The number of aliphatic hydroxyl groups is 1. The van der Waals surface area contributed by atoms with Gasteiger partial charge in [-0.15, -0.1) is 6.42 Å². The van der Waals surface area contributed by atoms with E-state index in [1.807, 2.05) is 0 Å². The van der Waals surface area contributed by atoms with Crippen LogP contribution in [0.15, 0.2) is 0 Å². The molecule has 0 aromatic rings. The average molecular weight is 178 g/mol. The Morgan fingerprint density at radius 1 is 1.38 bits per heavy atom. The van der Waals surface area contributed by atoms with Gasteiger partial charge in [-0.2, -0.15) is 0 Å². The average Bonchev–Trinajstić information content (AvgIpc) is 2.51. The van der Waals surface area contributed by atoms with Gasteiger partial charge in [0.1, 0.15) is 5.60 Å². The summed E-state index contributed by atoms with van der Waals surface area (Å²) in [7, 11) is 0. The van der Waals surface area contributed by atoms with Crippen LogP contribution in [0.2, 0.25) is 0 Å². The summed E-state index contributed by atoms with van der Waals surface area (Å²) >= 11 is 0. The Morgan fingerprint density at radius 2 is 2.00 bits per heavy atom. The third-order valence-electron chi connectivity index (χ3n) is 4.78. The molecule has 2 rings (SSSR count). The number of rotatable bonds is 0. The van der Waals surface area contributed by atoms with Crippen LogP contribution >= 0.6 is 0 Å². The van der Waals surface area contributed by atoms with Gasteiger partial charge in [-0.3, -0.25) is 0 Å². The third-order valence-corrected chi connectivity index (χ3v) is 4.78. The van der Waals surface area contributed by atoms with Crippen LogP contribution in [0.4, 0.5) is 0 Å². The first-order valence-electron chi connectivity index (χ1n) is 5.07. The number of fused-ring (bicyclic) bond motifs is 2. The second-order valence-electron chi connectivity index (χ2n) is 5.58. The summed E-state index contributed by atoms with van der Waals surface area (Å²) in [6.07, 6.45) is 8.93. The molecule has 0 aromatic heterocycles. The normalized spacial score (nSPS) is 52.1. The van der Waals surface area contributed by atoms with Crippen LogP contribution in [0.25, 0.3) is 0 Å². The molecule has 2 aliphatic rings. The minimum absolute atomic E-state index is 0.0318. The van der Waals surface area contributed by atoms with Gasteiger partial charge < -0.3 is 5.11 Å². The lowest BCUT2D eigenvalue weighted by Crippen LogP contribution is -2.52. The minimum atomic E-state index is -0.886. The van der Waals surface area contributed by atoms with Gasteiger partial charge in [0.15, 0.2) is 0 Å². The van der Waals surface area contributed by atoms with Crippen molar-refractivity contribution in [3.63, 3.8) is 0 Å². The van der Waals surface area contributed by atoms with E-state index in [1.165, 1.54) is 6.42 Å². The number of hydrogen-bond donors (Lipinski definition) is 1. The summed E-state index contributed by atoms with van der Waals surface area (Å²) in [5.41, 5.74) is -1.02. The summed E-state index contributed by atoms with van der Waals surface area (Å²) < 4.78 is 0. The molecule has 2 fully saturated rings. The molecule has 0 aromatic carbocycles. The Labute approximate surface area is 80.5 Å². The van der Waals surface area contributed by atoms with Crippen molar-refractivity contribution in [1.29, 1.82) is 0 Å². The fourth-order valence-corrected chi connectivity index (χ4v) is 3.62. The molecule has 0 aliphatic heterocycles. The highest BCUT2D eigenvalue weighted by Crippen LogP contribution is 2.67. The SMILES string of the molecule is C#CC1(O)C2(C)CCC(C2)C1(C)C. The van der Waals surface area contributed by atoms with E-state index in [0.29, 0.717) is 5.92 Å². The Kier molecular flexibility index (Phi) is 1.48. The maximum atomic E-state index is 10.5. The van der Waals surface area contributed by atoms with Crippen molar-refractivity contribution in [2.45, 2.75) is 45.6 Å². The van der Waals surface area contributed by atoms with Crippen LogP contribution in [0.5, 0.6) is 0 Å². The van der Waals surface area contributed by atoms with Gasteiger partial charge >= 0.3 is 0 Å². The smallest absolute Gasteiger partial charge is 0.135 e. The summed E-state index contributed by atoms with van der Waals surface area (Å²) in [6.45, 7) is 6.37. The van der Waals surface area contributed by atoms with Gasteiger partial charge in [-0.25, -0.2) is 0 Å². The second kappa shape index (κ2) is 2.12. The number of hydrogen-bond acceptors (Lipinski definition) is 1. The number of terminal acetylenes is 1. The largest absolute Gasteiger partial charge is 0.376 e. The van der Waals surface area contributed by atoms with Gasteiger partial charge in [0.25, 0.3) is 0 Å². The van der Waals surface area contributed by atoms with Crippen molar-refractivity contribution >= 4 is 0 Å². The summed E-state index contributed by atoms with van der Waals surface area (Å²) in [4.78, 5) is 0. The maximum absolute atomic E-state index is 10.5. The topological polar surface area (TPSA) is 20.2 Å². The highest BCUT2D eigenvalue weighted by molar-refractivity contribution is 5.29. The molecule has 2 saturated carbocycles. The Morgan fingerprint density at radius 3 is 2.31 bits per heavy atom. The van der Waals surface area contributed by atoms with Crippen molar-refractivity contribution in [2.75, 3.05) is 0 Å². The molecule has 1 N–H and O–H groups in total. The van der Waals surface area contributed by atoms with E-state index in [-0.39, 0.29) is 10.8 Å². The molecule has 0 heterocycles. The van der Waals surface area contributed by atoms with E-state index < -0.39 is 5.60 Å². The van der Waals surface area contributed by atoms with Crippen molar-refractivity contribution in [2.24, 2.45) is 16.7 Å². The maximum Gasteiger partial charge on any atom is 0.135 e.